The van der Waals surface area contributed by atoms with E-state index in [-0.39, 0.29) is 22.7 Å². The van der Waals surface area contributed by atoms with Gasteiger partial charge in [-0.25, -0.2) is 15.0 Å². The number of imidazole rings is 1. The van der Waals surface area contributed by atoms with Gasteiger partial charge in [0.05, 0.1) is 11.8 Å². The Morgan fingerprint density at radius 3 is 2.56 bits per heavy atom. The molecule has 0 fully saturated rings. The molecule has 0 saturated heterocycles. The summed E-state index contributed by atoms with van der Waals surface area (Å²) in [6, 6.07) is 2.31. The number of hydrogen-bond acceptors (Lipinski definition) is 5. The Labute approximate surface area is 154 Å². The number of pyridine rings is 2. The highest BCUT2D eigenvalue weighted by Gasteiger charge is 2.32. The third-order valence-electron chi connectivity index (χ3n) is 3.60. The van der Waals surface area contributed by atoms with Gasteiger partial charge < -0.3 is 9.30 Å². The van der Waals surface area contributed by atoms with E-state index in [1.165, 1.54) is 22.4 Å². The average molecular weight is 404 g/mol. The summed E-state index contributed by atoms with van der Waals surface area (Å²) in [4.78, 5) is 12.7. The SMILES string of the molecule is CCSc1cc(OC(F)F)cnc1-c1nc2cc(C(F)(F)F)cnc2n1C. The van der Waals surface area contributed by atoms with Crippen LogP contribution in [-0.2, 0) is 13.2 Å². The highest BCUT2D eigenvalue weighted by atomic mass is 32.2. The lowest BCUT2D eigenvalue weighted by atomic mass is 10.2. The average Bonchev–Trinajstić information content (AvgIpc) is 2.90. The van der Waals surface area contributed by atoms with Gasteiger partial charge in [-0.15, -0.1) is 11.8 Å². The molecule has 144 valence electrons. The quantitative estimate of drug-likeness (QED) is 0.453. The normalized spacial score (nSPS) is 12.1. The maximum atomic E-state index is 12.9. The minimum atomic E-state index is -4.53. The molecule has 0 spiro atoms. The molecule has 3 heterocycles. The molecule has 5 nitrogen and oxygen atoms in total. The second kappa shape index (κ2) is 7.29. The van der Waals surface area contributed by atoms with Crippen LogP contribution in [0.1, 0.15) is 12.5 Å². The first-order valence-corrected chi connectivity index (χ1v) is 8.67. The number of alkyl halides is 5. The summed E-state index contributed by atoms with van der Waals surface area (Å²) >= 11 is 1.32. The summed E-state index contributed by atoms with van der Waals surface area (Å²) in [6.07, 6.45) is -2.67. The van der Waals surface area contributed by atoms with Crippen LogP contribution in [-0.4, -0.2) is 31.9 Å². The molecular weight excluding hydrogens is 391 g/mol. The number of ether oxygens (including phenoxy) is 1. The first-order valence-electron chi connectivity index (χ1n) is 7.68. The van der Waals surface area contributed by atoms with E-state index >= 15 is 0 Å². The van der Waals surface area contributed by atoms with E-state index < -0.39 is 18.4 Å². The van der Waals surface area contributed by atoms with Gasteiger partial charge >= 0.3 is 12.8 Å². The Morgan fingerprint density at radius 2 is 1.93 bits per heavy atom. The van der Waals surface area contributed by atoms with Crippen LogP contribution < -0.4 is 4.74 Å². The van der Waals surface area contributed by atoms with Crippen LogP contribution in [0.25, 0.3) is 22.7 Å². The smallest absolute Gasteiger partial charge is 0.417 e. The Kier molecular flexibility index (Phi) is 5.22. The van der Waals surface area contributed by atoms with Crippen molar-refractivity contribution in [1.82, 2.24) is 19.5 Å². The third kappa shape index (κ3) is 3.97. The first-order chi connectivity index (χ1) is 12.7. The number of halogens is 5. The molecule has 0 unspecified atom stereocenters. The Hall–Kier alpha value is -2.43. The standard InChI is InChI=1S/C16H13F5N4OS/c1-3-27-11-5-9(26-15(17)18)7-22-12(11)14-24-10-4-8(16(19,20)21)6-23-13(10)25(14)2/h4-7,15H,3H2,1-2H3. The van der Waals surface area contributed by atoms with Crippen molar-refractivity contribution in [3.05, 3.63) is 30.1 Å². The molecule has 11 heteroatoms. The van der Waals surface area contributed by atoms with E-state index in [1.54, 1.807) is 7.05 Å². The summed E-state index contributed by atoms with van der Waals surface area (Å²) in [5.41, 5.74) is -0.251. The number of fused-ring (bicyclic) bond motifs is 1. The summed E-state index contributed by atoms with van der Waals surface area (Å²) in [7, 11) is 1.59. The molecule has 3 aromatic heterocycles. The molecule has 0 aromatic carbocycles. The summed E-state index contributed by atoms with van der Waals surface area (Å²) in [5.74, 6) is 0.782. The molecule has 0 bridgehead atoms. The summed E-state index contributed by atoms with van der Waals surface area (Å²) in [5, 5.41) is 0. The van der Waals surface area contributed by atoms with Crippen molar-refractivity contribution < 1.29 is 26.7 Å². The van der Waals surface area contributed by atoms with Gasteiger partial charge in [0.2, 0.25) is 0 Å². The minimum absolute atomic E-state index is 0.0597. The van der Waals surface area contributed by atoms with Gasteiger partial charge in [-0.05, 0) is 17.9 Å². The van der Waals surface area contributed by atoms with E-state index in [4.69, 9.17) is 0 Å². The molecule has 0 aliphatic rings. The van der Waals surface area contributed by atoms with Crippen LogP contribution in [0.3, 0.4) is 0 Å². The summed E-state index contributed by atoms with van der Waals surface area (Å²) < 4.78 is 69.4. The second-order valence-corrected chi connectivity index (χ2v) is 6.69. The molecule has 0 N–H and O–H groups in total. The van der Waals surface area contributed by atoms with Gasteiger partial charge in [0.25, 0.3) is 0 Å². The fourth-order valence-electron chi connectivity index (χ4n) is 2.47. The fourth-order valence-corrected chi connectivity index (χ4v) is 3.26. The van der Waals surface area contributed by atoms with Gasteiger partial charge in [-0.1, -0.05) is 6.92 Å². The van der Waals surface area contributed by atoms with Crippen molar-refractivity contribution in [2.45, 2.75) is 24.6 Å². The Balaban J connectivity index is 2.12. The van der Waals surface area contributed by atoms with Crippen LogP contribution in [0.5, 0.6) is 5.75 Å². The van der Waals surface area contributed by atoms with Gasteiger partial charge in [0.15, 0.2) is 11.5 Å². The third-order valence-corrected chi connectivity index (χ3v) is 4.51. The lowest BCUT2D eigenvalue weighted by Gasteiger charge is -2.10. The van der Waals surface area contributed by atoms with Gasteiger partial charge in [-0.3, -0.25) is 0 Å². The fraction of sp³-hybridized carbons (Fsp3) is 0.312. The molecule has 0 aliphatic carbocycles. The number of rotatable bonds is 5. The van der Waals surface area contributed by atoms with Crippen molar-refractivity contribution in [2.24, 2.45) is 7.05 Å². The minimum Gasteiger partial charge on any atom is -0.433 e. The number of aryl methyl sites for hydroxylation is 1. The van der Waals surface area contributed by atoms with Crippen molar-refractivity contribution in [2.75, 3.05) is 5.75 Å². The first kappa shape index (κ1) is 19.3. The predicted octanol–water partition coefficient (Wildman–Crippen LogP) is 4.76. The number of thioether (sulfide) groups is 1. The lowest BCUT2D eigenvalue weighted by Crippen LogP contribution is -2.05. The molecule has 0 radical (unpaired) electrons. The number of nitrogens with zero attached hydrogens (tertiary/aromatic N) is 4. The van der Waals surface area contributed by atoms with Gasteiger partial charge in [-0.2, -0.15) is 22.0 Å². The predicted molar refractivity (Wildman–Crippen MR) is 89.8 cm³/mol. The van der Waals surface area contributed by atoms with E-state index in [1.807, 2.05) is 6.92 Å². The maximum absolute atomic E-state index is 12.9. The van der Waals surface area contributed by atoms with Crippen molar-refractivity contribution >= 4 is 22.9 Å². The van der Waals surface area contributed by atoms with Crippen molar-refractivity contribution in [1.29, 1.82) is 0 Å². The zero-order valence-corrected chi connectivity index (χ0v) is 14.9. The lowest BCUT2D eigenvalue weighted by molar-refractivity contribution is -0.137. The van der Waals surface area contributed by atoms with Gasteiger partial charge in [0.1, 0.15) is 17.0 Å². The molecular formula is C16H13F5N4OS. The second-order valence-electron chi connectivity index (χ2n) is 5.39. The monoisotopic (exact) mass is 404 g/mol. The molecule has 0 aliphatic heterocycles. The topological polar surface area (TPSA) is 52.8 Å². The number of hydrogen-bond donors (Lipinski definition) is 0. The highest BCUT2D eigenvalue weighted by Crippen LogP contribution is 2.35. The molecule has 27 heavy (non-hydrogen) atoms. The molecule has 0 atom stereocenters. The van der Waals surface area contributed by atoms with Crippen molar-refractivity contribution in [3.63, 3.8) is 0 Å². The Bertz CT molecular complexity index is 973. The molecule has 0 amide bonds. The Morgan fingerprint density at radius 1 is 1.19 bits per heavy atom. The zero-order chi connectivity index (χ0) is 19.8. The van der Waals surface area contributed by atoms with E-state index in [0.29, 0.717) is 16.3 Å². The largest absolute Gasteiger partial charge is 0.433 e. The maximum Gasteiger partial charge on any atom is 0.417 e. The van der Waals surface area contributed by atoms with Crippen LogP contribution in [0.15, 0.2) is 29.4 Å². The van der Waals surface area contributed by atoms with Gasteiger partial charge in [0, 0.05) is 18.1 Å². The zero-order valence-electron chi connectivity index (χ0n) is 14.1. The van der Waals surface area contributed by atoms with Crippen LogP contribution in [0.2, 0.25) is 0 Å². The molecule has 3 aromatic rings. The highest BCUT2D eigenvalue weighted by molar-refractivity contribution is 7.99. The van der Waals surface area contributed by atoms with Crippen LogP contribution >= 0.6 is 11.8 Å². The van der Waals surface area contributed by atoms with E-state index in [0.717, 1.165) is 18.5 Å². The van der Waals surface area contributed by atoms with Crippen molar-refractivity contribution in [3.8, 4) is 17.3 Å². The number of aromatic nitrogens is 4. The molecule has 3 rings (SSSR count). The van der Waals surface area contributed by atoms with E-state index in [2.05, 4.69) is 19.7 Å². The summed E-state index contributed by atoms with van der Waals surface area (Å²) in [6.45, 7) is -1.13. The van der Waals surface area contributed by atoms with Crippen LogP contribution in [0.4, 0.5) is 22.0 Å². The van der Waals surface area contributed by atoms with Crippen LogP contribution in [0, 0.1) is 0 Å². The van der Waals surface area contributed by atoms with E-state index in [9.17, 15) is 22.0 Å². The molecule has 0 saturated carbocycles.